The second-order valence-corrected chi connectivity index (χ2v) is 4.83. The van der Waals surface area contributed by atoms with Crippen molar-refractivity contribution in [3.8, 4) is 11.5 Å². The van der Waals surface area contributed by atoms with E-state index in [-0.39, 0.29) is 11.5 Å². The molecule has 0 saturated heterocycles. The molecule has 5 nitrogen and oxygen atoms in total. The third kappa shape index (κ3) is 6.06. The van der Waals surface area contributed by atoms with E-state index in [0.29, 0.717) is 16.9 Å². The summed E-state index contributed by atoms with van der Waals surface area (Å²) in [7, 11) is 0. The largest absolute Gasteiger partial charge is 0.546 e. The lowest BCUT2D eigenvalue weighted by Gasteiger charge is -2.06. The Balaban J connectivity index is 1.96. The van der Waals surface area contributed by atoms with Crippen LogP contribution in [0.5, 0.6) is 11.5 Å². The molecule has 0 radical (unpaired) electrons. The van der Waals surface area contributed by atoms with Gasteiger partial charge in [-0.3, -0.25) is 4.79 Å². The number of hydrogen-bond acceptors (Lipinski definition) is 5. The van der Waals surface area contributed by atoms with Gasteiger partial charge in [0.1, 0.15) is 18.1 Å². The van der Waals surface area contributed by atoms with Crippen molar-refractivity contribution < 1.29 is 33.0 Å². The van der Waals surface area contributed by atoms with E-state index in [2.05, 4.69) is 4.74 Å². The molecule has 0 amide bonds. The van der Waals surface area contributed by atoms with E-state index in [1.54, 1.807) is 12.1 Å². The molecule has 2 aromatic rings. The van der Waals surface area contributed by atoms with Crippen molar-refractivity contribution >= 4 is 17.8 Å². The standard InChI is InChI=1S/C18H14F2O5/c19-18(20)25-15-6-1-12(2-7-15)3-10-16(21)13-4-8-14(9-5-13)24-11-17(22)23/h1-10,18H,11H2,(H,22,23)/p-1/b10-3+. The van der Waals surface area contributed by atoms with Crippen LogP contribution in [0.2, 0.25) is 0 Å². The maximum atomic E-state index is 12.1. The van der Waals surface area contributed by atoms with E-state index in [4.69, 9.17) is 4.74 Å². The summed E-state index contributed by atoms with van der Waals surface area (Å²) in [5, 5.41) is 10.3. The number of benzene rings is 2. The summed E-state index contributed by atoms with van der Waals surface area (Å²) in [4.78, 5) is 22.3. The van der Waals surface area contributed by atoms with Crippen molar-refractivity contribution in [3.05, 3.63) is 65.7 Å². The normalized spacial score (nSPS) is 10.8. The zero-order valence-corrected chi connectivity index (χ0v) is 12.9. The number of carbonyl (C=O) groups is 2. The predicted molar refractivity (Wildman–Crippen MR) is 83.4 cm³/mol. The molecule has 0 fully saturated rings. The smallest absolute Gasteiger partial charge is 0.387 e. The van der Waals surface area contributed by atoms with Gasteiger partial charge in [0.15, 0.2) is 5.78 Å². The van der Waals surface area contributed by atoms with Crippen LogP contribution in [0, 0.1) is 0 Å². The SMILES string of the molecule is O=C([O-])COc1ccc(C(=O)/C=C/c2ccc(OC(F)F)cc2)cc1. The van der Waals surface area contributed by atoms with E-state index in [0.717, 1.165) is 0 Å². The average molecular weight is 347 g/mol. The summed E-state index contributed by atoms with van der Waals surface area (Å²) in [5.74, 6) is -1.28. The van der Waals surface area contributed by atoms with Gasteiger partial charge in [-0.05, 0) is 48.0 Å². The van der Waals surface area contributed by atoms with Crippen LogP contribution in [0.15, 0.2) is 54.6 Å². The summed E-state index contributed by atoms with van der Waals surface area (Å²) >= 11 is 0. The molecule has 0 aromatic heterocycles. The molecule has 130 valence electrons. The number of ketones is 1. The van der Waals surface area contributed by atoms with Gasteiger partial charge in [0.05, 0.1) is 5.97 Å². The highest BCUT2D eigenvalue weighted by atomic mass is 19.3. The molecule has 7 heteroatoms. The third-order valence-corrected chi connectivity index (χ3v) is 3.03. The van der Waals surface area contributed by atoms with Crippen LogP contribution in [0.4, 0.5) is 8.78 Å². The molecular formula is C18H13F2O5-. The number of allylic oxidation sites excluding steroid dienone is 1. The topological polar surface area (TPSA) is 75.7 Å². The lowest BCUT2D eigenvalue weighted by atomic mass is 10.1. The lowest BCUT2D eigenvalue weighted by molar-refractivity contribution is -0.307. The molecule has 0 unspecified atom stereocenters. The Morgan fingerprint density at radius 1 is 1.00 bits per heavy atom. The molecule has 0 spiro atoms. The Morgan fingerprint density at radius 3 is 2.16 bits per heavy atom. The monoisotopic (exact) mass is 347 g/mol. The first-order valence-corrected chi connectivity index (χ1v) is 7.14. The van der Waals surface area contributed by atoms with E-state index in [9.17, 15) is 23.5 Å². The van der Waals surface area contributed by atoms with Gasteiger partial charge in [0.25, 0.3) is 0 Å². The summed E-state index contributed by atoms with van der Waals surface area (Å²) in [6.45, 7) is -3.46. The highest BCUT2D eigenvalue weighted by Gasteiger charge is 2.04. The molecule has 0 aliphatic carbocycles. The molecule has 2 rings (SSSR count). The number of carbonyl (C=O) groups excluding carboxylic acids is 2. The summed E-state index contributed by atoms with van der Waals surface area (Å²) < 4.78 is 33.3. The average Bonchev–Trinajstić information content (AvgIpc) is 2.59. The van der Waals surface area contributed by atoms with Crippen molar-refractivity contribution in [1.29, 1.82) is 0 Å². The van der Waals surface area contributed by atoms with Gasteiger partial charge in [0.2, 0.25) is 0 Å². The highest BCUT2D eigenvalue weighted by molar-refractivity contribution is 6.06. The summed E-state index contributed by atoms with van der Waals surface area (Å²) in [6.07, 6.45) is 2.87. The molecule has 0 aliphatic rings. The fourth-order valence-corrected chi connectivity index (χ4v) is 1.89. The van der Waals surface area contributed by atoms with Crippen LogP contribution < -0.4 is 14.6 Å². The van der Waals surface area contributed by atoms with E-state index >= 15 is 0 Å². The molecule has 25 heavy (non-hydrogen) atoms. The van der Waals surface area contributed by atoms with Crippen molar-refractivity contribution in [2.45, 2.75) is 6.61 Å². The number of hydrogen-bond donors (Lipinski definition) is 0. The highest BCUT2D eigenvalue weighted by Crippen LogP contribution is 2.16. The molecule has 0 saturated carbocycles. The lowest BCUT2D eigenvalue weighted by Crippen LogP contribution is -2.28. The van der Waals surface area contributed by atoms with Gasteiger partial charge in [-0.1, -0.05) is 18.2 Å². The van der Waals surface area contributed by atoms with Gasteiger partial charge in [-0.25, -0.2) is 0 Å². The summed E-state index contributed by atoms with van der Waals surface area (Å²) in [6, 6.07) is 11.8. The summed E-state index contributed by atoms with van der Waals surface area (Å²) in [5.41, 5.74) is 1.03. The first-order valence-electron chi connectivity index (χ1n) is 7.14. The van der Waals surface area contributed by atoms with Crippen LogP contribution in [0.1, 0.15) is 15.9 Å². The van der Waals surface area contributed by atoms with Crippen LogP contribution in [-0.2, 0) is 4.79 Å². The third-order valence-electron chi connectivity index (χ3n) is 3.03. The first-order chi connectivity index (χ1) is 11.9. The van der Waals surface area contributed by atoms with E-state index in [1.165, 1.54) is 48.6 Å². The minimum atomic E-state index is -2.89. The molecule has 0 bridgehead atoms. The maximum absolute atomic E-state index is 12.1. The van der Waals surface area contributed by atoms with Crippen molar-refractivity contribution in [2.24, 2.45) is 0 Å². The molecule has 0 N–H and O–H groups in total. The number of carboxylic acids is 1. The van der Waals surface area contributed by atoms with Crippen molar-refractivity contribution in [2.75, 3.05) is 6.61 Å². The fourth-order valence-electron chi connectivity index (χ4n) is 1.89. The van der Waals surface area contributed by atoms with Crippen molar-refractivity contribution in [3.63, 3.8) is 0 Å². The van der Waals surface area contributed by atoms with Crippen LogP contribution in [-0.4, -0.2) is 25.0 Å². The second kappa shape index (κ2) is 8.58. The minimum Gasteiger partial charge on any atom is -0.546 e. The Hall–Kier alpha value is -3.22. The molecule has 2 aromatic carbocycles. The Bertz CT molecular complexity index is 752. The number of ether oxygens (including phenoxy) is 2. The predicted octanol–water partition coefficient (Wildman–Crippen LogP) is 2.31. The second-order valence-electron chi connectivity index (χ2n) is 4.83. The van der Waals surface area contributed by atoms with Gasteiger partial charge < -0.3 is 19.4 Å². The zero-order valence-electron chi connectivity index (χ0n) is 12.9. The van der Waals surface area contributed by atoms with E-state index in [1.807, 2.05) is 0 Å². The number of alkyl halides is 2. The van der Waals surface area contributed by atoms with Gasteiger partial charge in [0, 0.05) is 5.56 Å². The number of carboxylic acid groups (broad SMARTS) is 1. The van der Waals surface area contributed by atoms with E-state index < -0.39 is 19.2 Å². The number of halogens is 2. The molecule has 0 aliphatic heterocycles. The zero-order chi connectivity index (χ0) is 18.2. The maximum Gasteiger partial charge on any atom is 0.387 e. The quantitative estimate of drug-likeness (QED) is 0.541. The van der Waals surface area contributed by atoms with Crippen molar-refractivity contribution in [1.82, 2.24) is 0 Å². The first kappa shape index (κ1) is 18.1. The van der Waals surface area contributed by atoms with Crippen LogP contribution >= 0.6 is 0 Å². The van der Waals surface area contributed by atoms with Gasteiger partial charge in [-0.2, -0.15) is 8.78 Å². The van der Waals surface area contributed by atoms with Crippen LogP contribution in [0.3, 0.4) is 0 Å². The molecular weight excluding hydrogens is 334 g/mol. The fraction of sp³-hybridized carbons (Fsp3) is 0.111. The Labute approximate surface area is 142 Å². The molecule has 0 atom stereocenters. The Kier molecular flexibility index (Phi) is 6.22. The van der Waals surface area contributed by atoms with Gasteiger partial charge >= 0.3 is 6.61 Å². The van der Waals surface area contributed by atoms with Crippen LogP contribution in [0.25, 0.3) is 6.08 Å². The van der Waals surface area contributed by atoms with Gasteiger partial charge in [-0.15, -0.1) is 0 Å². The molecule has 0 heterocycles. The number of aliphatic carboxylic acids is 1. The minimum absolute atomic E-state index is 0.0330. The number of rotatable bonds is 8. The Morgan fingerprint density at radius 2 is 1.60 bits per heavy atom.